The summed E-state index contributed by atoms with van der Waals surface area (Å²) in [5.74, 6) is 1.35. The largest absolute Gasteiger partial charge is 0.493 e. The molecule has 134 valence electrons. The van der Waals surface area contributed by atoms with Crippen LogP contribution in [0.3, 0.4) is 0 Å². The maximum Gasteiger partial charge on any atom is 0.161 e. The van der Waals surface area contributed by atoms with E-state index in [-0.39, 0.29) is 6.10 Å². The Morgan fingerprint density at radius 1 is 0.808 bits per heavy atom. The van der Waals surface area contributed by atoms with Crippen LogP contribution in [-0.2, 0) is 11.3 Å². The van der Waals surface area contributed by atoms with Gasteiger partial charge in [0.1, 0.15) is 6.10 Å². The molecule has 0 radical (unpaired) electrons. The van der Waals surface area contributed by atoms with Crippen LogP contribution >= 0.6 is 15.9 Å². The smallest absolute Gasteiger partial charge is 0.161 e. The molecule has 0 aromatic heterocycles. The minimum absolute atomic E-state index is 0.231. The molecule has 0 aliphatic heterocycles. The van der Waals surface area contributed by atoms with Crippen molar-refractivity contribution in [1.29, 1.82) is 0 Å². The summed E-state index contributed by atoms with van der Waals surface area (Å²) in [5.41, 5.74) is 3.20. The maximum absolute atomic E-state index is 6.33. The monoisotopic (exact) mass is 412 g/mol. The maximum atomic E-state index is 6.33. The summed E-state index contributed by atoms with van der Waals surface area (Å²) in [4.78, 5) is 0. The first-order valence-electron chi connectivity index (χ1n) is 8.35. The molecular weight excluding hydrogens is 392 g/mol. The Kier molecular flexibility index (Phi) is 6.31. The predicted molar refractivity (Wildman–Crippen MR) is 107 cm³/mol. The Balaban J connectivity index is 1.98. The van der Waals surface area contributed by atoms with Crippen molar-refractivity contribution in [2.24, 2.45) is 0 Å². The summed E-state index contributed by atoms with van der Waals surface area (Å²) >= 11 is 3.66. The highest BCUT2D eigenvalue weighted by molar-refractivity contribution is 9.10. The number of hydrogen-bond acceptors (Lipinski definition) is 3. The molecule has 0 aliphatic carbocycles. The second-order valence-electron chi connectivity index (χ2n) is 5.82. The van der Waals surface area contributed by atoms with Crippen molar-refractivity contribution in [3.63, 3.8) is 0 Å². The van der Waals surface area contributed by atoms with Crippen LogP contribution in [0, 0.1) is 0 Å². The van der Waals surface area contributed by atoms with Gasteiger partial charge in [-0.15, -0.1) is 0 Å². The lowest BCUT2D eigenvalue weighted by Gasteiger charge is -2.22. The lowest BCUT2D eigenvalue weighted by Crippen LogP contribution is -2.08. The van der Waals surface area contributed by atoms with Crippen molar-refractivity contribution in [2.45, 2.75) is 12.7 Å². The molecule has 0 bridgehead atoms. The summed E-state index contributed by atoms with van der Waals surface area (Å²) in [7, 11) is 3.27. The van der Waals surface area contributed by atoms with Crippen LogP contribution in [0.4, 0.5) is 0 Å². The fourth-order valence-corrected chi connectivity index (χ4v) is 3.35. The zero-order chi connectivity index (χ0) is 18.4. The van der Waals surface area contributed by atoms with E-state index in [4.69, 9.17) is 14.2 Å². The molecule has 0 fully saturated rings. The predicted octanol–water partition coefficient (Wildman–Crippen LogP) is 5.77. The van der Waals surface area contributed by atoms with Gasteiger partial charge in [0.2, 0.25) is 0 Å². The molecule has 4 heteroatoms. The lowest BCUT2D eigenvalue weighted by atomic mass is 10.0. The van der Waals surface area contributed by atoms with E-state index in [2.05, 4.69) is 40.2 Å². The van der Waals surface area contributed by atoms with Crippen molar-refractivity contribution in [3.8, 4) is 11.5 Å². The fourth-order valence-electron chi connectivity index (χ4n) is 2.82. The molecule has 0 N–H and O–H groups in total. The summed E-state index contributed by atoms with van der Waals surface area (Å²) in [5, 5.41) is 0. The lowest BCUT2D eigenvalue weighted by molar-refractivity contribution is 0.0661. The number of hydrogen-bond donors (Lipinski definition) is 0. The van der Waals surface area contributed by atoms with Gasteiger partial charge in [0.25, 0.3) is 0 Å². The molecule has 3 aromatic rings. The van der Waals surface area contributed by atoms with Crippen LogP contribution in [0.1, 0.15) is 22.8 Å². The van der Waals surface area contributed by atoms with E-state index in [0.29, 0.717) is 18.1 Å². The van der Waals surface area contributed by atoms with Crippen LogP contribution in [0.5, 0.6) is 11.5 Å². The van der Waals surface area contributed by atoms with E-state index in [1.54, 1.807) is 14.2 Å². The van der Waals surface area contributed by atoms with Crippen molar-refractivity contribution < 1.29 is 14.2 Å². The van der Waals surface area contributed by atoms with Gasteiger partial charge in [0, 0.05) is 10.0 Å². The highest BCUT2D eigenvalue weighted by atomic mass is 79.9. The summed E-state index contributed by atoms with van der Waals surface area (Å²) in [6, 6.07) is 24.2. The first kappa shape index (κ1) is 18.5. The van der Waals surface area contributed by atoms with Gasteiger partial charge in [0.15, 0.2) is 11.5 Å². The highest BCUT2D eigenvalue weighted by Crippen LogP contribution is 2.39. The van der Waals surface area contributed by atoms with Crippen molar-refractivity contribution >= 4 is 15.9 Å². The van der Waals surface area contributed by atoms with E-state index in [1.807, 2.05) is 48.5 Å². The molecule has 0 saturated carbocycles. The molecule has 0 saturated heterocycles. The molecule has 1 atom stereocenters. The van der Waals surface area contributed by atoms with Gasteiger partial charge in [-0.05, 0) is 23.3 Å². The molecular formula is C22H21BrO3. The number of rotatable bonds is 7. The third-order valence-electron chi connectivity index (χ3n) is 4.15. The molecule has 0 aliphatic rings. The second kappa shape index (κ2) is 8.88. The van der Waals surface area contributed by atoms with E-state index >= 15 is 0 Å². The topological polar surface area (TPSA) is 27.7 Å². The second-order valence-corrected chi connectivity index (χ2v) is 6.67. The van der Waals surface area contributed by atoms with Gasteiger partial charge in [-0.1, -0.05) is 76.6 Å². The highest BCUT2D eigenvalue weighted by Gasteiger charge is 2.21. The Hall–Kier alpha value is -2.30. The SMILES string of the molecule is COc1cc(Br)c(C(OCc2ccccc2)c2ccccc2)cc1OC. The van der Waals surface area contributed by atoms with Crippen LogP contribution in [0.15, 0.2) is 77.3 Å². The van der Waals surface area contributed by atoms with Gasteiger partial charge in [-0.2, -0.15) is 0 Å². The number of ether oxygens (including phenoxy) is 3. The van der Waals surface area contributed by atoms with Crippen LogP contribution < -0.4 is 9.47 Å². The van der Waals surface area contributed by atoms with Crippen molar-refractivity contribution in [2.75, 3.05) is 14.2 Å². The molecule has 0 heterocycles. The minimum atomic E-state index is -0.231. The van der Waals surface area contributed by atoms with Crippen LogP contribution in [-0.4, -0.2) is 14.2 Å². The van der Waals surface area contributed by atoms with Gasteiger partial charge in [-0.25, -0.2) is 0 Å². The quantitative estimate of drug-likeness (QED) is 0.492. The van der Waals surface area contributed by atoms with Crippen LogP contribution in [0.2, 0.25) is 0 Å². The normalized spacial score (nSPS) is 11.8. The first-order chi connectivity index (χ1) is 12.7. The van der Waals surface area contributed by atoms with Crippen molar-refractivity contribution in [1.82, 2.24) is 0 Å². The summed E-state index contributed by atoms with van der Waals surface area (Å²) in [6.07, 6.45) is -0.231. The molecule has 3 nitrogen and oxygen atoms in total. The van der Waals surface area contributed by atoms with E-state index < -0.39 is 0 Å². The molecule has 26 heavy (non-hydrogen) atoms. The average Bonchev–Trinajstić information content (AvgIpc) is 2.70. The third-order valence-corrected chi connectivity index (χ3v) is 4.83. The zero-order valence-corrected chi connectivity index (χ0v) is 16.4. The molecule has 0 amide bonds. The number of halogens is 1. The zero-order valence-electron chi connectivity index (χ0n) is 14.8. The van der Waals surface area contributed by atoms with Gasteiger partial charge >= 0.3 is 0 Å². The Labute approximate surface area is 162 Å². The Morgan fingerprint density at radius 3 is 2.00 bits per heavy atom. The van der Waals surface area contributed by atoms with E-state index in [1.165, 1.54) is 0 Å². The van der Waals surface area contributed by atoms with Gasteiger partial charge in [-0.3, -0.25) is 0 Å². The average molecular weight is 413 g/mol. The van der Waals surface area contributed by atoms with E-state index in [9.17, 15) is 0 Å². The number of benzene rings is 3. The third kappa shape index (κ3) is 4.26. The van der Waals surface area contributed by atoms with Gasteiger partial charge in [0.05, 0.1) is 20.8 Å². The fraction of sp³-hybridized carbons (Fsp3) is 0.182. The Bertz CT molecular complexity index is 835. The van der Waals surface area contributed by atoms with Crippen LogP contribution in [0.25, 0.3) is 0 Å². The van der Waals surface area contributed by atoms with Gasteiger partial charge < -0.3 is 14.2 Å². The van der Waals surface area contributed by atoms with E-state index in [0.717, 1.165) is 21.2 Å². The molecule has 1 unspecified atom stereocenters. The molecule has 3 rings (SSSR count). The standard InChI is InChI=1S/C22H21BrO3/c1-24-20-13-18(19(23)14-21(20)25-2)22(17-11-7-4-8-12-17)26-15-16-9-5-3-6-10-16/h3-14,22H,15H2,1-2H3. The summed E-state index contributed by atoms with van der Waals surface area (Å²) < 4.78 is 18.1. The Morgan fingerprint density at radius 2 is 1.38 bits per heavy atom. The minimum Gasteiger partial charge on any atom is -0.493 e. The first-order valence-corrected chi connectivity index (χ1v) is 9.14. The van der Waals surface area contributed by atoms with Crippen molar-refractivity contribution in [3.05, 3.63) is 94.0 Å². The number of methoxy groups -OCH3 is 2. The molecule has 0 spiro atoms. The molecule has 3 aromatic carbocycles. The summed E-state index contributed by atoms with van der Waals surface area (Å²) in [6.45, 7) is 0.515.